The number of carbonyl (C=O) groups excluding carboxylic acids is 1. The number of anilines is 1. The normalized spacial score (nSPS) is 10.4. The van der Waals surface area contributed by atoms with Crippen LogP contribution in [0.3, 0.4) is 0 Å². The second-order valence-corrected chi connectivity index (χ2v) is 4.49. The van der Waals surface area contributed by atoms with Gasteiger partial charge < -0.3 is 5.32 Å². The van der Waals surface area contributed by atoms with Gasteiger partial charge >= 0.3 is 0 Å². The average Bonchev–Trinajstić information content (AvgIpc) is 2.42. The molecule has 0 saturated carbocycles. The van der Waals surface area contributed by atoms with E-state index in [1.54, 1.807) is 6.07 Å². The number of carbonyl (C=O) groups is 1. The molecule has 104 valence electrons. The predicted octanol–water partition coefficient (Wildman–Crippen LogP) is 3.83. The summed E-state index contributed by atoms with van der Waals surface area (Å²) < 4.78 is 25.9. The van der Waals surface area contributed by atoms with E-state index >= 15 is 0 Å². The zero-order chi connectivity index (χ0) is 14.7. The van der Waals surface area contributed by atoms with Crippen LogP contribution in [-0.2, 0) is 6.42 Å². The number of hydrogen-bond acceptors (Lipinski definition) is 2. The van der Waals surface area contributed by atoms with Crippen molar-refractivity contribution in [2.45, 2.75) is 13.3 Å². The molecule has 0 aliphatic carbocycles. The second kappa shape index (κ2) is 5.96. The minimum Gasteiger partial charge on any atom is -0.322 e. The Labute approximate surface area is 119 Å². The molecule has 0 radical (unpaired) electrons. The van der Waals surface area contributed by atoms with E-state index in [2.05, 4.69) is 10.3 Å². The minimum absolute atomic E-state index is 0.167. The molecular formula is C14H11ClF2N2O. The fourth-order valence-corrected chi connectivity index (χ4v) is 1.87. The van der Waals surface area contributed by atoms with Gasteiger partial charge in [-0.3, -0.25) is 4.79 Å². The molecule has 1 heterocycles. The van der Waals surface area contributed by atoms with Gasteiger partial charge in [-0.2, -0.15) is 0 Å². The molecular weight excluding hydrogens is 286 g/mol. The van der Waals surface area contributed by atoms with Crippen LogP contribution in [0.15, 0.2) is 30.3 Å². The molecule has 0 bridgehead atoms. The Morgan fingerprint density at radius 1 is 1.25 bits per heavy atom. The Bertz CT molecular complexity index is 662. The molecule has 0 unspecified atom stereocenters. The van der Waals surface area contributed by atoms with Crippen molar-refractivity contribution in [2.75, 3.05) is 5.32 Å². The van der Waals surface area contributed by atoms with Gasteiger partial charge in [-0.1, -0.05) is 18.5 Å². The van der Waals surface area contributed by atoms with E-state index in [0.29, 0.717) is 17.7 Å². The molecule has 3 nitrogen and oxygen atoms in total. The smallest absolute Gasteiger partial charge is 0.255 e. The first kappa shape index (κ1) is 14.4. The molecule has 2 aromatic rings. The first-order chi connectivity index (χ1) is 9.49. The molecule has 1 aromatic heterocycles. The van der Waals surface area contributed by atoms with E-state index in [-0.39, 0.29) is 10.8 Å². The van der Waals surface area contributed by atoms with Crippen molar-refractivity contribution >= 4 is 23.2 Å². The lowest BCUT2D eigenvalue weighted by molar-refractivity contribution is 0.102. The lowest BCUT2D eigenvalue weighted by Gasteiger charge is -2.07. The molecule has 0 fully saturated rings. The maximum Gasteiger partial charge on any atom is 0.255 e. The Hall–Kier alpha value is -2.01. The molecule has 0 spiro atoms. The Morgan fingerprint density at radius 2 is 2.00 bits per heavy atom. The summed E-state index contributed by atoms with van der Waals surface area (Å²) in [5.74, 6) is -2.46. The zero-order valence-corrected chi connectivity index (χ0v) is 11.3. The van der Waals surface area contributed by atoms with Gasteiger partial charge in [0, 0.05) is 23.0 Å². The van der Waals surface area contributed by atoms with Crippen LogP contribution in [0.2, 0.25) is 5.15 Å². The molecule has 1 aromatic carbocycles. The maximum atomic E-state index is 13.1. The monoisotopic (exact) mass is 296 g/mol. The number of nitrogens with one attached hydrogen (secondary N) is 1. The summed E-state index contributed by atoms with van der Waals surface area (Å²) >= 11 is 5.82. The van der Waals surface area contributed by atoms with Crippen molar-refractivity contribution in [2.24, 2.45) is 0 Å². The number of halogens is 3. The van der Waals surface area contributed by atoms with Crippen LogP contribution in [0.4, 0.5) is 14.5 Å². The topological polar surface area (TPSA) is 42.0 Å². The standard InChI is InChI=1S/C14H11ClF2N2O/c1-2-9-5-8(6-13(15)18-9)14(20)19-10-3-4-11(16)12(17)7-10/h3-7H,2H2,1H3,(H,19,20). The van der Waals surface area contributed by atoms with Gasteiger partial charge in [-0.05, 0) is 30.7 Å². The van der Waals surface area contributed by atoms with Crippen LogP contribution in [0.5, 0.6) is 0 Å². The van der Waals surface area contributed by atoms with E-state index in [4.69, 9.17) is 11.6 Å². The predicted molar refractivity (Wildman–Crippen MR) is 72.9 cm³/mol. The molecule has 0 atom stereocenters. The lowest BCUT2D eigenvalue weighted by atomic mass is 10.2. The van der Waals surface area contributed by atoms with Crippen molar-refractivity contribution in [3.8, 4) is 0 Å². The minimum atomic E-state index is -1.02. The van der Waals surface area contributed by atoms with Gasteiger partial charge in [0.1, 0.15) is 5.15 Å². The summed E-state index contributed by atoms with van der Waals surface area (Å²) in [6.45, 7) is 1.88. The van der Waals surface area contributed by atoms with Crippen LogP contribution in [0.1, 0.15) is 23.0 Å². The number of rotatable bonds is 3. The number of aryl methyl sites for hydroxylation is 1. The lowest BCUT2D eigenvalue weighted by Crippen LogP contribution is -2.13. The average molecular weight is 297 g/mol. The number of pyridine rings is 1. The van der Waals surface area contributed by atoms with Crippen LogP contribution in [0.25, 0.3) is 0 Å². The van der Waals surface area contributed by atoms with E-state index in [9.17, 15) is 13.6 Å². The Morgan fingerprint density at radius 3 is 2.65 bits per heavy atom. The third-order valence-electron chi connectivity index (χ3n) is 2.65. The highest BCUT2D eigenvalue weighted by Crippen LogP contribution is 2.16. The van der Waals surface area contributed by atoms with E-state index < -0.39 is 17.5 Å². The van der Waals surface area contributed by atoms with Gasteiger partial charge in [-0.25, -0.2) is 13.8 Å². The van der Waals surface area contributed by atoms with Crippen molar-refractivity contribution in [1.82, 2.24) is 4.98 Å². The zero-order valence-electron chi connectivity index (χ0n) is 10.6. The van der Waals surface area contributed by atoms with E-state index in [1.807, 2.05) is 6.92 Å². The van der Waals surface area contributed by atoms with Gasteiger partial charge in [0.05, 0.1) is 0 Å². The van der Waals surface area contributed by atoms with Crippen LogP contribution in [0, 0.1) is 11.6 Å². The molecule has 20 heavy (non-hydrogen) atoms. The molecule has 1 amide bonds. The quantitative estimate of drug-likeness (QED) is 0.875. The number of nitrogens with zero attached hydrogens (tertiary/aromatic N) is 1. The summed E-state index contributed by atoms with van der Waals surface area (Å²) in [6.07, 6.45) is 0.631. The number of hydrogen-bond donors (Lipinski definition) is 1. The Balaban J connectivity index is 2.23. The fraction of sp³-hybridized carbons (Fsp3) is 0.143. The highest BCUT2D eigenvalue weighted by atomic mass is 35.5. The molecule has 0 aliphatic heterocycles. The number of benzene rings is 1. The largest absolute Gasteiger partial charge is 0.322 e. The fourth-order valence-electron chi connectivity index (χ4n) is 1.64. The second-order valence-electron chi connectivity index (χ2n) is 4.11. The Kier molecular flexibility index (Phi) is 4.29. The molecule has 0 saturated heterocycles. The third-order valence-corrected chi connectivity index (χ3v) is 2.84. The van der Waals surface area contributed by atoms with Crippen LogP contribution in [-0.4, -0.2) is 10.9 Å². The summed E-state index contributed by atoms with van der Waals surface area (Å²) in [6, 6.07) is 6.15. The third kappa shape index (κ3) is 3.30. The summed E-state index contributed by atoms with van der Waals surface area (Å²) in [5.41, 5.74) is 1.15. The summed E-state index contributed by atoms with van der Waals surface area (Å²) in [5, 5.41) is 2.68. The number of aromatic nitrogens is 1. The molecule has 0 aliphatic rings. The van der Waals surface area contributed by atoms with Gasteiger partial charge in [0.2, 0.25) is 0 Å². The van der Waals surface area contributed by atoms with Gasteiger partial charge in [-0.15, -0.1) is 0 Å². The SMILES string of the molecule is CCc1cc(C(=O)Nc2ccc(F)c(F)c2)cc(Cl)n1. The number of amides is 1. The summed E-state index contributed by atoms with van der Waals surface area (Å²) in [4.78, 5) is 16.1. The molecule has 6 heteroatoms. The van der Waals surface area contributed by atoms with Crippen molar-refractivity contribution in [1.29, 1.82) is 0 Å². The first-order valence-corrected chi connectivity index (χ1v) is 6.30. The van der Waals surface area contributed by atoms with E-state index in [1.165, 1.54) is 12.1 Å². The van der Waals surface area contributed by atoms with Crippen LogP contribution < -0.4 is 5.32 Å². The van der Waals surface area contributed by atoms with Crippen molar-refractivity contribution < 1.29 is 13.6 Å². The maximum absolute atomic E-state index is 13.1. The highest BCUT2D eigenvalue weighted by molar-refractivity contribution is 6.29. The molecule has 2 rings (SSSR count). The van der Waals surface area contributed by atoms with Crippen molar-refractivity contribution in [3.05, 3.63) is 58.4 Å². The van der Waals surface area contributed by atoms with Gasteiger partial charge in [0.15, 0.2) is 11.6 Å². The van der Waals surface area contributed by atoms with Gasteiger partial charge in [0.25, 0.3) is 5.91 Å². The highest BCUT2D eigenvalue weighted by Gasteiger charge is 2.10. The van der Waals surface area contributed by atoms with E-state index in [0.717, 1.165) is 12.1 Å². The van der Waals surface area contributed by atoms with Crippen molar-refractivity contribution in [3.63, 3.8) is 0 Å². The first-order valence-electron chi connectivity index (χ1n) is 5.92. The molecule has 1 N–H and O–H groups in total. The summed E-state index contributed by atoms with van der Waals surface area (Å²) in [7, 11) is 0. The van der Waals surface area contributed by atoms with Crippen LogP contribution >= 0.6 is 11.6 Å².